The van der Waals surface area contributed by atoms with Crippen LogP contribution in [-0.2, 0) is 0 Å². The third kappa shape index (κ3) is 5.48. The molecule has 2 heterocycles. The van der Waals surface area contributed by atoms with Crippen LogP contribution in [0, 0.1) is 0 Å². The zero-order chi connectivity index (χ0) is 23.2. The highest BCUT2D eigenvalue weighted by atomic mass is 32.1. The summed E-state index contributed by atoms with van der Waals surface area (Å²) in [5.74, 6) is 1.93. The molecule has 176 valence electrons. The topological polar surface area (TPSA) is 76.2 Å². The van der Waals surface area contributed by atoms with Crippen LogP contribution in [0.2, 0.25) is 0 Å². The third-order valence-electron chi connectivity index (χ3n) is 5.66. The van der Waals surface area contributed by atoms with Crippen molar-refractivity contribution in [3.63, 3.8) is 0 Å². The Kier molecular flexibility index (Phi) is 7.51. The molecule has 1 N–H and O–H groups in total. The first kappa shape index (κ1) is 23.1. The van der Waals surface area contributed by atoms with E-state index in [0.29, 0.717) is 30.2 Å². The molecule has 2 aromatic carbocycles. The lowest BCUT2D eigenvalue weighted by Gasteiger charge is -2.34. The molecule has 1 amide bonds. The highest BCUT2D eigenvalue weighted by Crippen LogP contribution is 2.32. The number of ether oxygens (including phenoxy) is 3. The zero-order valence-electron chi connectivity index (χ0n) is 19.3. The quantitative estimate of drug-likeness (QED) is 0.514. The highest BCUT2D eigenvalue weighted by molar-refractivity contribution is 7.22. The molecule has 1 aliphatic rings. The second-order valence-corrected chi connectivity index (χ2v) is 8.72. The molecular weight excluding hydrogens is 440 g/mol. The van der Waals surface area contributed by atoms with Crippen LogP contribution in [0.3, 0.4) is 0 Å². The third-order valence-corrected chi connectivity index (χ3v) is 6.74. The van der Waals surface area contributed by atoms with E-state index >= 15 is 0 Å². The van der Waals surface area contributed by atoms with Crippen molar-refractivity contribution >= 4 is 32.6 Å². The monoisotopic (exact) mass is 470 g/mol. The van der Waals surface area contributed by atoms with Crippen molar-refractivity contribution < 1.29 is 19.0 Å². The standard InChI is InChI=1S/C24H30N4O4S/c1-4-32-18-6-7-19-22(16-18)33-24(26-19)28-13-11-27(12-14-28)10-9-25-23(29)17-5-8-20(30-2)21(15-17)31-3/h5-8,15-16H,4,9-14H2,1-3H3,(H,25,29). The SMILES string of the molecule is CCOc1ccc2nc(N3CCN(CCNC(=O)c4ccc(OC)c(OC)c4)CC3)sc2c1. The number of hydrogen-bond donors (Lipinski definition) is 1. The summed E-state index contributed by atoms with van der Waals surface area (Å²) in [6.45, 7) is 7.76. The minimum atomic E-state index is -0.115. The zero-order valence-corrected chi connectivity index (χ0v) is 20.1. The smallest absolute Gasteiger partial charge is 0.251 e. The molecule has 33 heavy (non-hydrogen) atoms. The van der Waals surface area contributed by atoms with E-state index in [0.717, 1.165) is 53.8 Å². The van der Waals surface area contributed by atoms with Crippen LogP contribution in [0.15, 0.2) is 36.4 Å². The molecule has 0 atom stereocenters. The van der Waals surface area contributed by atoms with Crippen molar-refractivity contribution in [3.8, 4) is 17.2 Å². The molecule has 0 aliphatic carbocycles. The van der Waals surface area contributed by atoms with Crippen molar-refractivity contribution in [1.82, 2.24) is 15.2 Å². The summed E-state index contributed by atoms with van der Waals surface area (Å²) in [6, 6.07) is 11.2. The number of thiazole rings is 1. The van der Waals surface area contributed by atoms with Gasteiger partial charge in [-0.15, -0.1) is 0 Å². The number of benzene rings is 2. The van der Waals surface area contributed by atoms with E-state index in [4.69, 9.17) is 19.2 Å². The van der Waals surface area contributed by atoms with Crippen LogP contribution in [0.25, 0.3) is 10.2 Å². The number of amides is 1. The predicted octanol–water partition coefficient (Wildman–Crippen LogP) is 3.26. The molecule has 0 saturated carbocycles. The maximum absolute atomic E-state index is 12.5. The molecule has 0 spiro atoms. The molecular formula is C24H30N4O4S. The number of carbonyl (C=O) groups excluding carboxylic acids is 1. The molecule has 0 unspecified atom stereocenters. The predicted molar refractivity (Wildman–Crippen MR) is 131 cm³/mol. The van der Waals surface area contributed by atoms with Crippen LogP contribution in [0.4, 0.5) is 5.13 Å². The lowest BCUT2D eigenvalue weighted by molar-refractivity contribution is 0.0947. The van der Waals surface area contributed by atoms with Gasteiger partial charge < -0.3 is 24.4 Å². The summed E-state index contributed by atoms with van der Waals surface area (Å²) in [5.41, 5.74) is 1.57. The lowest BCUT2D eigenvalue weighted by atomic mass is 10.2. The molecule has 8 nitrogen and oxygen atoms in total. The van der Waals surface area contributed by atoms with Gasteiger partial charge in [-0.2, -0.15) is 0 Å². The van der Waals surface area contributed by atoms with E-state index in [1.165, 1.54) is 0 Å². The van der Waals surface area contributed by atoms with Crippen molar-refractivity contribution in [3.05, 3.63) is 42.0 Å². The van der Waals surface area contributed by atoms with Crippen molar-refractivity contribution in [2.45, 2.75) is 6.92 Å². The summed E-state index contributed by atoms with van der Waals surface area (Å²) >= 11 is 1.71. The second kappa shape index (κ2) is 10.7. The Bertz CT molecular complexity index is 1100. The van der Waals surface area contributed by atoms with Crippen LogP contribution in [0.1, 0.15) is 17.3 Å². The fourth-order valence-corrected chi connectivity index (χ4v) is 4.90. The maximum Gasteiger partial charge on any atom is 0.251 e. The van der Waals surface area contributed by atoms with Crippen LogP contribution >= 0.6 is 11.3 Å². The van der Waals surface area contributed by atoms with Gasteiger partial charge in [-0.1, -0.05) is 11.3 Å². The molecule has 1 aliphatic heterocycles. The second-order valence-electron chi connectivity index (χ2n) is 7.71. The number of anilines is 1. The molecule has 1 saturated heterocycles. The first-order valence-electron chi connectivity index (χ1n) is 11.1. The first-order chi connectivity index (χ1) is 16.1. The van der Waals surface area contributed by atoms with E-state index in [9.17, 15) is 4.79 Å². The number of carbonyl (C=O) groups is 1. The summed E-state index contributed by atoms with van der Waals surface area (Å²) < 4.78 is 17.3. The Morgan fingerprint density at radius 1 is 1.06 bits per heavy atom. The average molecular weight is 471 g/mol. The Hall–Kier alpha value is -3.04. The van der Waals surface area contributed by atoms with E-state index < -0.39 is 0 Å². The number of rotatable bonds is 9. The van der Waals surface area contributed by atoms with Crippen molar-refractivity contribution in [2.24, 2.45) is 0 Å². The van der Waals surface area contributed by atoms with Gasteiger partial charge in [-0.3, -0.25) is 9.69 Å². The van der Waals surface area contributed by atoms with E-state index in [-0.39, 0.29) is 5.91 Å². The molecule has 9 heteroatoms. The number of fused-ring (bicyclic) bond motifs is 1. The van der Waals surface area contributed by atoms with Crippen LogP contribution < -0.4 is 24.4 Å². The number of hydrogen-bond acceptors (Lipinski definition) is 8. The minimum absolute atomic E-state index is 0.115. The molecule has 1 aromatic heterocycles. The fraction of sp³-hybridized carbons (Fsp3) is 0.417. The maximum atomic E-state index is 12.5. The van der Waals surface area contributed by atoms with Gasteiger partial charge in [-0.25, -0.2) is 4.98 Å². The van der Waals surface area contributed by atoms with Gasteiger partial charge in [0.1, 0.15) is 5.75 Å². The van der Waals surface area contributed by atoms with Gasteiger partial charge in [0.25, 0.3) is 5.91 Å². The van der Waals surface area contributed by atoms with Crippen molar-refractivity contribution in [1.29, 1.82) is 0 Å². The lowest BCUT2D eigenvalue weighted by Crippen LogP contribution is -2.48. The highest BCUT2D eigenvalue weighted by Gasteiger charge is 2.20. The van der Waals surface area contributed by atoms with E-state index in [1.807, 2.05) is 19.1 Å². The number of piperazine rings is 1. The Morgan fingerprint density at radius 3 is 2.58 bits per heavy atom. The Balaban J connectivity index is 1.25. The normalized spacial score (nSPS) is 14.3. The fourth-order valence-electron chi connectivity index (χ4n) is 3.85. The van der Waals surface area contributed by atoms with Gasteiger partial charge in [0.2, 0.25) is 0 Å². The van der Waals surface area contributed by atoms with Gasteiger partial charge in [0, 0.05) is 44.8 Å². The van der Waals surface area contributed by atoms with Crippen molar-refractivity contribution in [2.75, 3.05) is 65.0 Å². The largest absolute Gasteiger partial charge is 0.494 e. The van der Waals surface area contributed by atoms with Crippen LogP contribution in [-0.4, -0.2) is 75.9 Å². The number of aromatic nitrogens is 1. The average Bonchev–Trinajstić information content (AvgIpc) is 3.27. The van der Waals surface area contributed by atoms with E-state index in [2.05, 4.69) is 21.2 Å². The molecule has 3 aromatic rings. The van der Waals surface area contributed by atoms with Gasteiger partial charge in [0.15, 0.2) is 16.6 Å². The molecule has 0 radical (unpaired) electrons. The molecule has 1 fully saturated rings. The van der Waals surface area contributed by atoms with Gasteiger partial charge in [-0.05, 0) is 43.3 Å². The number of nitrogens with zero attached hydrogens (tertiary/aromatic N) is 3. The minimum Gasteiger partial charge on any atom is -0.494 e. The van der Waals surface area contributed by atoms with E-state index in [1.54, 1.807) is 43.8 Å². The molecule has 0 bridgehead atoms. The van der Waals surface area contributed by atoms with Crippen LogP contribution in [0.5, 0.6) is 17.2 Å². The van der Waals surface area contributed by atoms with Gasteiger partial charge in [0.05, 0.1) is 31.0 Å². The summed E-state index contributed by atoms with van der Waals surface area (Å²) in [4.78, 5) is 22.0. The summed E-state index contributed by atoms with van der Waals surface area (Å²) in [7, 11) is 3.14. The number of methoxy groups -OCH3 is 2. The number of nitrogens with one attached hydrogen (secondary N) is 1. The Morgan fingerprint density at radius 2 is 1.85 bits per heavy atom. The summed E-state index contributed by atoms with van der Waals surface area (Å²) in [6.07, 6.45) is 0. The molecule has 4 rings (SSSR count). The Labute approximate surface area is 198 Å². The van der Waals surface area contributed by atoms with Gasteiger partial charge >= 0.3 is 0 Å². The first-order valence-corrected chi connectivity index (χ1v) is 11.9. The summed E-state index contributed by atoms with van der Waals surface area (Å²) in [5, 5.41) is 4.05.